The molecule has 0 bridgehead atoms. The molecule has 1 saturated carbocycles. The third-order valence-corrected chi connectivity index (χ3v) is 7.94. The van der Waals surface area contributed by atoms with Crippen molar-refractivity contribution in [3.05, 3.63) is 36.2 Å². The Morgan fingerprint density at radius 3 is 2.84 bits per heavy atom. The molecule has 1 aromatic carbocycles. The average Bonchev–Trinajstić information content (AvgIpc) is 3.46. The summed E-state index contributed by atoms with van der Waals surface area (Å²) in [7, 11) is 1.55. The number of likely N-dealkylation sites (tertiary alicyclic amines) is 1. The number of amides is 2. The van der Waals surface area contributed by atoms with E-state index in [1.54, 1.807) is 7.11 Å². The molecule has 6 rings (SSSR count). The molecule has 2 fully saturated rings. The van der Waals surface area contributed by atoms with Crippen molar-refractivity contribution in [1.82, 2.24) is 19.9 Å². The monoisotopic (exact) mass is 450 g/mol. The van der Waals surface area contributed by atoms with E-state index >= 15 is 0 Å². The number of urea groups is 1. The number of benzene rings is 1. The molecule has 1 N–H and O–H groups in total. The number of piperidine rings is 1. The maximum Gasteiger partial charge on any atom is 0.323 e. The molecule has 32 heavy (non-hydrogen) atoms. The molecule has 4 heterocycles. The van der Waals surface area contributed by atoms with E-state index in [4.69, 9.17) is 4.74 Å². The quantitative estimate of drug-likeness (QED) is 0.649. The van der Waals surface area contributed by atoms with Gasteiger partial charge in [0.25, 0.3) is 0 Å². The third-order valence-electron chi connectivity index (χ3n) is 7.06. The highest BCUT2D eigenvalue weighted by Crippen LogP contribution is 2.48. The number of fused-ring (bicyclic) bond motifs is 3. The number of hydrogen-bond donors (Lipinski definition) is 1. The van der Waals surface area contributed by atoms with E-state index in [9.17, 15) is 4.79 Å². The van der Waals surface area contributed by atoms with Gasteiger partial charge >= 0.3 is 6.03 Å². The number of thiazole rings is 1. The minimum atomic E-state index is -0.105. The zero-order valence-electron chi connectivity index (χ0n) is 18.1. The molecule has 2 aromatic heterocycles. The van der Waals surface area contributed by atoms with E-state index in [0.717, 1.165) is 38.4 Å². The molecular formula is C23H26N6O2S. The first kappa shape index (κ1) is 19.7. The Balaban J connectivity index is 1.15. The topological polar surface area (TPSA) is 83.5 Å². The molecule has 3 aliphatic rings. The van der Waals surface area contributed by atoms with Crippen molar-refractivity contribution in [2.75, 3.05) is 43.5 Å². The van der Waals surface area contributed by atoms with Gasteiger partial charge in [-0.1, -0.05) is 29.5 Å². The first-order valence-electron chi connectivity index (χ1n) is 11.2. The molecule has 9 heteroatoms. The van der Waals surface area contributed by atoms with Crippen molar-refractivity contribution < 1.29 is 9.53 Å². The van der Waals surface area contributed by atoms with Crippen LogP contribution < -0.4 is 15.0 Å². The second kappa shape index (κ2) is 7.58. The van der Waals surface area contributed by atoms with E-state index in [0.29, 0.717) is 21.4 Å². The van der Waals surface area contributed by atoms with Gasteiger partial charge in [0.05, 0.1) is 7.11 Å². The van der Waals surface area contributed by atoms with Crippen LogP contribution in [0.3, 0.4) is 0 Å². The van der Waals surface area contributed by atoms with E-state index in [-0.39, 0.29) is 11.4 Å². The molecule has 1 saturated heterocycles. The molecule has 0 atom stereocenters. The summed E-state index contributed by atoms with van der Waals surface area (Å²) < 4.78 is 5.25. The number of methoxy groups -OCH3 is 1. The van der Waals surface area contributed by atoms with Gasteiger partial charge in [0, 0.05) is 37.3 Å². The molecule has 1 aliphatic carbocycles. The highest BCUT2D eigenvalue weighted by molar-refractivity contribution is 7.22. The lowest BCUT2D eigenvalue weighted by molar-refractivity contribution is 0.172. The summed E-state index contributed by atoms with van der Waals surface area (Å²) in [4.78, 5) is 30.9. The van der Waals surface area contributed by atoms with Crippen LogP contribution in [0.15, 0.2) is 30.6 Å². The van der Waals surface area contributed by atoms with Crippen molar-refractivity contribution in [1.29, 1.82) is 0 Å². The van der Waals surface area contributed by atoms with Crippen LogP contribution in [-0.2, 0) is 5.41 Å². The van der Waals surface area contributed by atoms with Gasteiger partial charge in [-0.05, 0) is 43.2 Å². The summed E-state index contributed by atoms with van der Waals surface area (Å²) in [5.41, 5.74) is 3.60. The standard InChI is InChI=1S/C23H26N6O2S/c1-31-19-18-20(25-14-24-19)32-21(26-18)27-22(30)28-10-8-23(9-11-28)13-29(12-15-6-7-15)17-5-3-2-4-16(17)23/h2-5,14-15H,6-13H2,1H3,(H,26,27,30). The Hall–Kier alpha value is -2.94. The Morgan fingerprint density at radius 1 is 1.25 bits per heavy atom. The summed E-state index contributed by atoms with van der Waals surface area (Å²) >= 11 is 1.33. The van der Waals surface area contributed by atoms with Crippen molar-refractivity contribution in [3.8, 4) is 5.88 Å². The maximum absolute atomic E-state index is 13.0. The molecule has 0 radical (unpaired) electrons. The van der Waals surface area contributed by atoms with Crippen LogP contribution in [0.5, 0.6) is 5.88 Å². The second-order valence-corrected chi connectivity index (χ2v) is 10.1. The van der Waals surface area contributed by atoms with Crippen LogP contribution >= 0.6 is 11.3 Å². The van der Waals surface area contributed by atoms with Crippen molar-refractivity contribution in [2.24, 2.45) is 5.92 Å². The van der Waals surface area contributed by atoms with Gasteiger partial charge in [-0.2, -0.15) is 4.98 Å². The minimum absolute atomic E-state index is 0.105. The van der Waals surface area contributed by atoms with Crippen LogP contribution in [0.2, 0.25) is 0 Å². The number of para-hydroxylation sites is 1. The van der Waals surface area contributed by atoms with E-state index in [1.807, 2.05) is 4.90 Å². The highest BCUT2D eigenvalue weighted by atomic mass is 32.1. The van der Waals surface area contributed by atoms with Gasteiger partial charge in [-0.3, -0.25) is 5.32 Å². The molecule has 3 aromatic rings. The Labute approximate surface area is 190 Å². The lowest BCUT2D eigenvalue weighted by atomic mass is 9.74. The normalized spacial score (nSPS) is 19.4. The average molecular weight is 451 g/mol. The lowest BCUT2D eigenvalue weighted by Gasteiger charge is -2.39. The number of nitrogens with one attached hydrogen (secondary N) is 1. The Bertz CT molecular complexity index is 1170. The van der Waals surface area contributed by atoms with Gasteiger partial charge in [0.1, 0.15) is 6.33 Å². The summed E-state index contributed by atoms with van der Waals surface area (Å²) in [5, 5.41) is 3.47. The number of anilines is 2. The predicted octanol–water partition coefficient (Wildman–Crippen LogP) is 3.89. The first-order valence-corrected chi connectivity index (χ1v) is 12.0. The fourth-order valence-corrected chi connectivity index (χ4v) is 5.97. The largest absolute Gasteiger partial charge is 0.479 e. The Kier molecular flexibility index (Phi) is 4.67. The molecule has 2 aliphatic heterocycles. The fraction of sp³-hybridized carbons (Fsp3) is 0.478. The number of nitrogens with zero attached hydrogens (tertiary/aromatic N) is 5. The van der Waals surface area contributed by atoms with Crippen molar-refractivity contribution >= 4 is 38.5 Å². The van der Waals surface area contributed by atoms with Crippen LogP contribution in [0.1, 0.15) is 31.2 Å². The molecular weight excluding hydrogens is 424 g/mol. The van der Waals surface area contributed by atoms with Gasteiger partial charge < -0.3 is 14.5 Å². The molecule has 166 valence electrons. The number of carbonyl (C=O) groups excluding carboxylic acids is 1. The number of carbonyl (C=O) groups is 1. The fourth-order valence-electron chi connectivity index (χ4n) is 5.18. The molecule has 2 amide bonds. The van der Waals surface area contributed by atoms with Crippen LogP contribution in [0, 0.1) is 5.92 Å². The second-order valence-electron chi connectivity index (χ2n) is 9.09. The highest BCUT2D eigenvalue weighted by Gasteiger charge is 2.46. The first-order chi connectivity index (χ1) is 15.6. The zero-order chi connectivity index (χ0) is 21.7. The molecule has 0 unspecified atom stereocenters. The summed E-state index contributed by atoms with van der Waals surface area (Å²) in [6.07, 6.45) is 6.14. The molecule has 8 nitrogen and oxygen atoms in total. The summed E-state index contributed by atoms with van der Waals surface area (Å²) in [6.45, 7) is 3.73. The summed E-state index contributed by atoms with van der Waals surface area (Å²) in [5.74, 6) is 1.28. The van der Waals surface area contributed by atoms with Gasteiger partial charge in [0.15, 0.2) is 15.5 Å². The van der Waals surface area contributed by atoms with Gasteiger partial charge in [0.2, 0.25) is 5.88 Å². The van der Waals surface area contributed by atoms with Gasteiger partial charge in [-0.15, -0.1) is 0 Å². The van der Waals surface area contributed by atoms with E-state index in [1.165, 1.54) is 48.3 Å². The van der Waals surface area contributed by atoms with Crippen LogP contribution in [0.25, 0.3) is 10.3 Å². The van der Waals surface area contributed by atoms with Crippen molar-refractivity contribution in [3.63, 3.8) is 0 Å². The minimum Gasteiger partial charge on any atom is -0.479 e. The van der Waals surface area contributed by atoms with E-state index in [2.05, 4.69) is 49.4 Å². The van der Waals surface area contributed by atoms with Crippen LogP contribution in [0.4, 0.5) is 15.6 Å². The lowest BCUT2D eigenvalue weighted by Crippen LogP contribution is -2.48. The maximum atomic E-state index is 13.0. The zero-order valence-corrected chi connectivity index (χ0v) is 18.9. The van der Waals surface area contributed by atoms with E-state index < -0.39 is 0 Å². The van der Waals surface area contributed by atoms with Crippen molar-refractivity contribution in [2.45, 2.75) is 31.1 Å². The number of aromatic nitrogens is 3. The third kappa shape index (κ3) is 3.35. The summed E-state index contributed by atoms with van der Waals surface area (Å²) in [6, 6.07) is 8.78. The number of hydrogen-bond acceptors (Lipinski definition) is 7. The number of ether oxygens (including phenoxy) is 1. The smallest absolute Gasteiger partial charge is 0.323 e. The van der Waals surface area contributed by atoms with Gasteiger partial charge in [-0.25, -0.2) is 14.8 Å². The number of rotatable bonds is 4. The SMILES string of the molecule is COc1ncnc2sc(NC(=O)N3CCC4(CC3)CN(CC3CC3)c3ccccc34)nc12. The molecule has 1 spiro atoms. The van der Waals surface area contributed by atoms with Crippen LogP contribution in [-0.4, -0.2) is 59.2 Å². The Morgan fingerprint density at radius 2 is 2.06 bits per heavy atom. The predicted molar refractivity (Wildman–Crippen MR) is 125 cm³/mol.